The highest BCUT2D eigenvalue weighted by Gasteiger charge is 2.29. The molecule has 1 aromatic heterocycles. The first kappa shape index (κ1) is 17.6. The summed E-state index contributed by atoms with van der Waals surface area (Å²) >= 11 is 1.38. The lowest BCUT2D eigenvalue weighted by molar-refractivity contribution is -0.125. The fourth-order valence-corrected chi connectivity index (χ4v) is 3.16. The van der Waals surface area contributed by atoms with Crippen LogP contribution in [0.25, 0.3) is 11.3 Å². The molecule has 1 aliphatic rings. The molecule has 0 atom stereocenters. The first-order chi connectivity index (χ1) is 11.8. The number of thiazole rings is 1. The van der Waals surface area contributed by atoms with Gasteiger partial charge in [-0.1, -0.05) is 45.0 Å². The molecule has 25 heavy (non-hydrogen) atoms. The van der Waals surface area contributed by atoms with Crippen molar-refractivity contribution in [3.63, 3.8) is 0 Å². The number of carbonyl (C=O) groups is 2. The molecule has 0 saturated heterocycles. The molecule has 0 aliphatic heterocycles. The van der Waals surface area contributed by atoms with E-state index in [1.807, 2.05) is 5.38 Å². The summed E-state index contributed by atoms with van der Waals surface area (Å²) < 4.78 is 0. The molecule has 1 saturated carbocycles. The minimum Gasteiger partial charge on any atom is -0.347 e. The number of hydrogen-bond donors (Lipinski definition) is 2. The molecular formula is C19H23N3O2S. The molecule has 2 amide bonds. The second kappa shape index (κ2) is 6.96. The number of benzene rings is 1. The molecule has 1 aromatic carbocycles. The van der Waals surface area contributed by atoms with Gasteiger partial charge in [-0.3, -0.25) is 9.59 Å². The number of hydrogen-bond acceptors (Lipinski definition) is 4. The van der Waals surface area contributed by atoms with Gasteiger partial charge in [0.1, 0.15) is 0 Å². The van der Waals surface area contributed by atoms with Crippen molar-refractivity contribution in [1.82, 2.24) is 10.3 Å². The summed E-state index contributed by atoms with van der Waals surface area (Å²) in [7, 11) is 0. The van der Waals surface area contributed by atoms with Crippen LogP contribution >= 0.6 is 11.3 Å². The molecule has 0 spiro atoms. The number of nitrogens with one attached hydrogen (secondary N) is 2. The predicted octanol–water partition coefficient (Wildman–Crippen LogP) is 3.57. The van der Waals surface area contributed by atoms with Gasteiger partial charge in [-0.15, -0.1) is 11.3 Å². The van der Waals surface area contributed by atoms with E-state index in [0.29, 0.717) is 5.13 Å². The standard InChI is InChI=1S/C19H23N3O2S/c1-19(2,3)14-8-6-12(7-9-14)15-11-25-18(21-15)22-16(23)10-20-17(24)13-4-5-13/h6-9,11,13H,4-5,10H2,1-3H3,(H,20,24)(H,21,22,23). The zero-order chi connectivity index (χ0) is 18.0. The maximum absolute atomic E-state index is 11.9. The fourth-order valence-electron chi connectivity index (χ4n) is 2.43. The number of aromatic nitrogens is 1. The van der Waals surface area contributed by atoms with Crippen LogP contribution in [0.1, 0.15) is 39.2 Å². The van der Waals surface area contributed by atoms with Crippen molar-refractivity contribution in [2.75, 3.05) is 11.9 Å². The summed E-state index contributed by atoms with van der Waals surface area (Å²) in [6, 6.07) is 8.33. The fraction of sp³-hybridized carbons (Fsp3) is 0.421. The van der Waals surface area contributed by atoms with Crippen molar-refractivity contribution >= 4 is 28.3 Å². The Balaban J connectivity index is 1.58. The van der Waals surface area contributed by atoms with Gasteiger partial charge in [-0.05, 0) is 23.8 Å². The molecule has 0 bridgehead atoms. The van der Waals surface area contributed by atoms with Crippen LogP contribution in [0.2, 0.25) is 0 Å². The first-order valence-corrected chi connectivity index (χ1v) is 9.35. The highest BCUT2D eigenvalue weighted by Crippen LogP contribution is 2.29. The third-order valence-electron chi connectivity index (χ3n) is 4.17. The zero-order valence-corrected chi connectivity index (χ0v) is 15.6. The van der Waals surface area contributed by atoms with Crippen molar-refractivity contribution in [2.24, 2.45) is 5.92 Å². The Bertz CT molecular complexity index is 771. The quantitative estimate of drug-likeness (QED) is 0.859. The molecule has 132 valence electrons. The number of amides is 2. The predicted molar refractivity (Wildman–Crippen MR) is 101 cm³/mol. The van der Waals surface area contributed by atoms with E-state index < -0.39 is 0 Å². The zero-order valence-electron chi connectivity index (χ0n) is 14.8. The van der Waals surface area contributed by atoms with Gasteiger partial charge in [0.15, 0.2) is 5.13 Å². The molecular weight excluding hydrogens is 334 g/mol. The van der Waals surface area contributed by atoms with Crippen molar-refractivity contribution < 1.29 is 9.59 Å². The van der Waals surface area contributed by atoms with Crippen LogP contribution in [-0.4, -0.2) is 23.3 Å². The lowest BCUT2D eigenvalue weighted by Crippen LogP contribution is -2.33. The van der Waals surface area contributed by atoms with Crippen molar-refractivity contribution in [1.29, 1.82) is 0 Å². The van der Waals surface area contributed by atoms with Crippen molar-refractivity contribution in [2.45, 2.75) is 39.0 Å². The van der Waals surface area contributed by atoms with E-state index in [4.69, 9.17) is 0 Å². The summed E-state index contributed by atoms with van der Waals surface area (Å²) in [5.74, 6) is -0.178. The summed E-state index contributed by atoms with van der Waals surface area (Å²) in [4.78, 5) is 27.9. The van der Waals surface area contributed by atoms with Gasteiger partial charge in [0.05, 0.1) is 12.2 Å². The van der Waals surface area contributed by atoms with E-state index in [-0.39, 0.29) is 29.7 Å². The van der Waals surface area contributed by atoms with Gasteiger partial charge in [-0.2, -0.15) is 0 Å². The van der Waals surface area contributed by atoms with Crippen molar-refractivity contribution in [3.05, 3.63) is 35.2 Å². The summed E-state index contributed by atoms with van der Waals surface area (Å²) in [5.41, 5.74) is 3.24. The molecule has 1 fully saturated rings. The van der Waals surface area contributed by atoms with Crippen LogP contribution in [0, 0.1) is 5.92 Å². The highest BCUT2D eigenvalue weighted by molar-refractivity contribution is 7.14. The smallest absolute Gasteiger partial charge is 0.245 e. The summed E-state index contributed by atoms with van der Waals surface area (Å²) in [6.07, 6.45) is 1.86. The van der Waals surface area contributed by atoms with E-state index in [2.05, 4.69) is 60.7 Å². The second-order valence-electron chi connectivity index (χ2n) is 7.41. The Hall–Kier alpha value is -2.21. The Morgan fingerprint density at radius 2 is 1.88 bits per heavy atom. The third kappa shape index (κ3) is 4.66. The van der Waals surface area contributed by atoms with Gasteiger partial charge >= 0.3 is 0 Å². The highest BCUT2D eigenvalue weighted by atomic mass is 32.1. The van der Waals surface area contributed by atoms with Crippen LogP contribution < -0.4 is 10.6 Å². The Morgan fingerprint density at radius 1 is 1.20 bits per heavy atom. The Morgan fingerprint density at radius 3 is 2.48 bits per heavy atom. The van der Waals surface area contributed by atoms with Crippen LogP contribution in [0.3, 0.4) is 0 Å². The van der Waals surface area contributed by atoms with Crippen molar-refractivity contribution in [3.8, 4) is 11.3 Å². The molecule has 2 aromatic rings. The molecule has 0 unspecified atom stereocenters. The van der Waals surface area contributed by atoms with Gasteiger partial charge in [-0.25, -0.2) is 4.98 Å². The average Bonchev–Trinajstić information content (AvgIpc) is 3.32. The molecule has 1 aliphatic carbocycles. The number of carbonyl (C=O) groups excluding carboxylic acids is 2. The van der Waals surface area contributed by atoms with E-state index in [1.165, 1.54) is 16.9 Å². The largest absolute Gasteiger partial charge is 0.347 e. The van der Waals surface area contributed by atoms with Gasteiger partial charge < -0.3 is 10.6 Å². The second-order valence-corrected chi connectivity index (χ2v) is 8.26. The van der Waals surface area contributed by atoms with E-state index >= 15 is 0 Å². The summed E-state index contributed by atoms with van der Waals surface area (Å²) in [6.45, 7) is 6.53. The van der Waals surface area contributed by atoms with E-state index in [9.17, 15) is 9.59 Å². The lowest BCUT2D eigenvalue weighted by atomic mass is 9.86. The normalized spacial score (nSPS) is 14.2. The maximum atomic E-state index is 11.9. The van der Waals surface area contributed by atoms with Gasteiger partial charge in [0, 0.05) is 16.9 Å². The third-order valence-corrected chi connectivity index (χ3v) is 4.93. The van der Waals surface area contributed by atoms with Crippen LogP contribution in [0.4, 0.5) is 5.13 Å². The molecule has 3 rings (SSSR count). The summed E-state index contributed by atoms with van der Waals surface area (Å²) in [5, 5.41) is 7.85. The SMILES string of the molecule is CC(C)(C)c1ccc(-c2csc(NC(=O)CNC(=O)C3CC3)n2)cc1. The van der Waals surface area contributed by atoms with Gasteiger partial charge in [0.2, 0.25) is 11.8 Å². The minimum absolute atomic E-state index is 0.00940. The lowest BCUT2D eigenvalue weighted by Gasteiger charge is -2.18. The van der Waals surface area contributed by atoms with Crippen LogP contribution in [-0.2, 0) is 15.0 Å². The average molecular weight is 357 g/mol. The van der Waals surface area contributed by atoms with E-state index in [0.717, 1.165) is 24.1 Å². The Labute approximate surface area is 151 Å². The molecule has 5 nitrogen and oxygen atoms in total. The first-order valence-electron chi connectivity index (χ1n) is 8.47. The van der Waals surface area contributed by atoms with Crippen LogP contribution in [0.15, 0.2) is 29.6 Å². The number of nitrogens with zero attached hydrogens (tertiary/aromatic N) is 1. The number of rotatable bonds is 5. The van der Waals surface area contributed by atoms with Gasteiger partial charge in [0.25, 0.3) is 0 Å². The molecule has 1 heterocycles. The maximum Gasteiger partial charge on any atom is 0.245 e. The molecule has 6 heteroatoms. The van der Waals surface area contributed by atoms with Crippen LogP contribution in [0.5, 0.6) is 0 Å². The molecule has 0 radical (unpaired) electrons. The molecule has 2 N–H and O–H groups in total. The van der Waals surface area contributed by atoms with E-state index in [1.54, 1.807) is 0 Å². The number of anilines is 1. The monoisotopic (exact) mass is 357 g/mol. The minimum atomic E-state index is -0.252. The Kier molecular flexibility index (Phi) is 4.90. The topological polar surface area (TPSA) is 71.1 Å².